The van der Waals surface area contributed by atoms with E-state index in [1.165, 1.54) is 5.56 Å². The van der Waals surface area contributed by atoms with Crippen LogP contribution in [0.4, 0.5) is 5.69 Å². The fraction of sp³-hybridized carbons (Fsp3) is 0.417. The van der Waals surface area contributed by atoms with Crippen LogP contribution in [0.1, 0.15) is 55.2 Å². The van der Waals surface area contributed by atoms with Crippen LogP contribution in [0.15, 0.2) is 64.0 Å². The lowest BCUT2D eigenvalue weighted by molar-refractivity contribution is 0.419. The van der Waals surface area contributed by atoms with Gasteiger partial charge in [0.05, 0.1) is 10.9 Å². The van der Waals surface area contributed by atoms with Gasteiger partial charge in [-0.25, -0.2) is 8.42 Å². The largest absolute Gasteiger partial charge is 0.378 e. The first kappa shape index (κ1) is 20.3. The van der Waals surface area contributed by atoms with Crippen molar-refractivity contribution in [2.24, 2.45) is 5.92 Å². The monoisotopic (exact) mass is 486 g/mol. The summed E-state index contributed by atoms with van der Waals surface area (Å²) in [5.74, 6) is 0.643. The van der Waals surface area contributed by atoms with Crippen molar-refractivity contribution in [1.29, 1.82) is 0 Å². The molecular weight excluding hydrogens is 460 g/mol. The van der Waals surface area contributed by atoms with Gasteiger partial charge in [0.15, 0.2) is 0 Å². The molecule has 0 aromatic heterocycles. The van der Waals surface area contributed by atoms with Gasteiger partial charge in [-0.2, -0.15) is 4.31 Å². The first-order valence-corrected chi connectivity index (χ1v) is 13.1. The third-order valence-electron chi connectivity index (χ3n) is 6.77. The zero-order chi connectivity index (χ0) is 20.7. The quantitative estimate of drug-likeness (QED) is 0.554. The van der Waals surface area contributed by atoms with E-state index in [1.807, 2.05) is 12.1 Å². The zero-order valence-electron chi connectivity index (χ0n) is 16.9. The normalized spacial score (nSPS) is 26.5. The molecule has 2 heterocycles. The van der Waals surface area contributed by atoms with Gasteiger partial charge in [0.2, 0.25) is 10.0 Å². The van der Waals surface area contributed by atoms with Crippen LogP contribution in [0.5, 0.6) is 0 Å². The van der Waals surface area contributed by atoms with Gasteiger partial charge in [0, 0.05) is 29.2 Å². The molecule has 0 bridgehead atoms. The summed E-state index contributed by atoms with van der Waals surface area (Å²) in [5, 5.41) is 3.71. The Hall–Kier alpha value is -1.63. The molecule has 158 valence electrons. The summed E-state index contributed by atoms with van der Waals surface area (Å²) in [6, 6.07) is 14.4. The number of sulfonamides is 1. The van der Waals surface area contributed by atoms with Gasteiger partial charge in [-0.3, -0.25) is 0 Å². The average molecular weight is 487 g/mol. The standard InChI is InChI=1S/C24H27BrN2O2S/c25-18-10-8-17(9-11-18)24-21-7-5-6-20(21)22-16-19(12-13-23(22)26-24)30(28,29)27-14-3-1-2-4-15-27/h5-6,8-13,16,20-21,24,26H,1-4,7,14-15H2. The molecule has 0 saturated carbocycles. The molecule has 2 aromatic carbocycles. The maximum Gasteiger partial charge on any atom is 0.243 e. The highest BCUT2D eigenvalue weighted by molar-refractivity contribution is 9.10. The zero-order valence-corrected chi connectivity index (χ0v) is 19.3. The van der Waals surface area contributed by atoms with E-state index in [-0.39, 0.29) is 12.0 Å². The Morgan fingerprint density at radius 1 is 0.967 bits per heavy atom. The van der Waals surface area contributed by atoms with Crippen LogP contribution >= 0.6 is 15.9 Å². The highest BCUT2D eigenvalue weighted by Crippen LogP contribution is 2.50. The van der Waals surface area contributed by atoms with E-state index in [0.29, 0.717) is 23.9 Å². The van der Waals surface area contributed by atoms with Crippen molar-refractivity contribution in [1.82, 2.24) is 4.31 Å². The molecule has 0 amide bonds. The highest BCUT2D eigenvalue weighted by atomic mass is 79.9. The summed E-state index contributed by atoms with van der Waals surface area (Å²) in [6.45, 7) is 1.27. The Labute approximate surface area is 187 Å². The molecule has 3 atom stereocenters. The molecule has 6 heteroatoms. The van der Waals surface area contributed by atoms with Crippen LogP contribution in [0.25, 0.3) is 0 Å². The molecule has 1 aliphatic carbocycles. The molecular formula is C24H27BrN2O2S. The summed E-state index contributed by atoms with van der Waals surface area (Å²) < 4.78 is 29.4. The van der Waals surface area contributed by atoms with E-state index >= 15 is 0 Å². The topological polar surface area (TPSA) is 49.4 Å². The van der Waals surface area contributed by atoms with Gasteiger partial charge in [-0.05, 0) is 66.6 Å². The van der Waals surface area contributed by atoms with Gasteiger partial charge in [-0.1, -0.05) is 53.1 Å². The van der Waals surface area contributed by atoms with Crippen molar-refractivity contribution in [3.8, 4) is 0 Å². The number of fused-ring (bicyclic) bond motifs is 3. The smallest absolute Gasteiger partial charge is 0.243 e. The van der Waals surface area contributed by atoms with Gasteiger partial charge < -0.3 is 5.32 Å². The van der Waals surface area contributed by atoms with Crippen LogP contribution in [-0.4, -0.2) is 25.8 Å². The number of nitrogens with one attached hydrogen (secondary N) is 1. The van der Waals surface area contributed by atoms with Crippen LogP contribution in [0.2, 0.25) is 0 Å². The molecule has 30 heavy (non-hydrogen) atoms. The maximum absolute atomic E-state index is 13.3. The van der Waals surface area contributed by atoms with Crippen molar-refractivity contribution < 1.29 is 8.42 Å². The van der Waals surface area contributed by atoms with Gasteiger partial charge >= 0.3 is 0 Å². The van der Waals surface area contributed by atoms with E-state index < -0.39 is 10.0 Å². The second-order valence-corrected chi connectivity index (χ2v) is 11.4. The Kier molecular flexibility index (Phi) is 5.50. The number of allylic oxidation sites excluding steroid dienone is 2. The Morgan fingerprint density at radius 3 is 2.43 bits per heavy atom. The predicted molar refractivity (Wildman–Crippen MR) is 124 cm³/mol. The van der Waals surface area contributed by atoms with E-state index in [9.17, 15) is 8.42 Å². The first-order chi connectivity index (χ1) is 14.5. The number of benzene rings is 2. The van der Waals surface area contributed by atoms with E-state index in [0.717, 1.165) is 47.8 Å². The first-order valence-electron chi connectivity index (χ1n) is 10.9. The molecule has 1 saturated heterocycles. The summed E-state index contributed by atoms with van der Waals surface area (Å²) in [6.07, 6.45) is 9.65. The summed E-state index contributed by atoms with van der Waals surface area (Å²) in [4.78, 5) is 0.436. The van der Waals surface area contributed by atoms with E-state index in [1.54, 1.807) is 10.4 Å². The molecule has 3 unspecified atom stereocenters. The third kappa shape index (κ3) is 3.63. The number of halogens is 1. The van der Waals surface area contributed by atoms with Crippen LogP contribution in [-0.2, 0) is 10.0 Å². The van der Waals surface area contributed by atoms with Crippen LogP contribution in [0, 0.1) is 5.92 Å². The lowest BCUT2D eigenvalue weighted by Crippen LogP contribution is -2.33. The SMILES string of the molecule is O=S(=O)(c1ccc2c(c1)C1C=CCC1C(c1ccc(Br)cc1)N2)N1CCCCCC1. The number of hydrogen-bond acceptors (Lipinski definition) is 3. The molecule has 1 N–H and O–H groups in total. The van der Waals surface area contributed by atoms with Gasteiger partial charge in [-0.15, -0.1) is 0 Å². The molecule has 0 spiro atoms. The van der Waals surface area contributed by atoms with Crippen molar-refractivity contribution in [3.63, 3.8) is 0 Å². The summed E-state index contributed by atoms with van der Waals surface area (Å²) in [5.41, 5.74) is 3.42. The fourth-order valence-corrected chi connectivity index (χ4v) is 6.98. The van der Waals surface area contributed by atoms with Gasteiger partial charge in [0.25, 0.3) is 0 Å². The minimum atomic E-state index is -3.44. The average Bonchev–Trinajstić information content (AvgIpc) is 3.08. The maximum atomic E-state index is 13.3. The summed E-state index contributed by atoms with van der Waals surface area (Å²) in [7, 11) is -3.44. The predicted octanol–water partition coefficient (Wildman–Crippen LogP) is 5.84. The Morgan fingerprint density at radius 2 is 1.70 bits per heavy atom. The minimum Gasteiger partial charge on any atom is -0.378 e. The Balaban J connectivity index is 1.49. The number of nitrogens with zero attached hydrogens (tertiary/aromatic N) is 1. The lowest BCUT2D eigenvalue weighted by atomic mass is 9.77. The van der Waals surface area contributed by atoms with Crippen molar-refractivity contribution >= 4 is 31.6 Å². The van der Waals surface area contributed by atoms with Crippen molar-refractivity contribution in [3.05, 3.63) is 70.2 Å². The molecule has 5 rings (SSSR count). The van der Waals surface area contributed by atoms with Crippen molar-refractivity contribution in [2.75, 3.05) is 18.4 Å². The number of anilines is 1. The molecule has 4 nitrogen and oxygen atoms in total. The lowest BCUT2D eigenvalue weighted by Gasteiger charge is -2.38. The third-order valence-corrected chi connectivity index (χ3v) is 9.19. The highest BCUT2D eigenvalue weighted by Gasteiger charge is 2.38. The molecule has 2 aliphatic heterocycles. The fourth-order valence-electron chi connectivity index (χ4n) is 5.16. The molecule has 2 aromatic rings. The number of hydrogen-bond donors (Lipinski definition) is 1. The van der Waals surface area contributed by atoms with E-state index in [4.69, 9.17) is 0 Å². The Bertz CT molecular complexity index is 1060. The molecule has 0 radical (unpaired) electrons. The number of rotatable bonds is 3. The second kappa shape index (κ2) is 8.13. The molecule has 3 aliphatic rings. The second-order valence-electron chi connectivity index (χ2n) is 8.59. The van der Waals surface area contributed by atoms with Crippen LogP contribution < -0.4 is 5.32 Å². The summed E-state index contributed by atoms with van der Waals surface area (Å²) >= 11 is 3.52. The van der Waals surface area contributed by atoms with Crippen molar-refractivity contribution in [2.45, 2.75) is 49.0 Å². The van der Waals surface area contributed by atoms with Crippen LogP contribution in [0.3, 0.4) is 0 Å². The van der Waals surface area contributed by atoms with E-state index in [2.05, 4.69) is 57.7 Å². The molecule has 1 fully saturated rings. The van der Waals surface area contributed by atoms with Gasteiger partial charge in [0.1, 0.15) is 0 Å². The minimum absolute atomic E-state index is 0.221.